The van der Waals surface area contributed by atoms with Gasteiger partial charge < -0.3 is 20.7 Å². The molecule has 6 nitrogen and oxygen atoms in total. The molecule has 0 aromatic heterocycles. The Hall–Kier alpha value is -3.02. The Labute approximate surface area is 152 Å². The number of primary amides is 1. The zero-order chi connectivity index (χ0) is 18.5. The molecule has 0 bridgehead atoms. The average molecular weight is 353 g/mol. The molecule has 2 aromatic carbocycles. The molecule has 0 spiro atoms. The number of nitrogens with zero attached hydrogens (tertiary/aromatic N) is 1. The number of ether oxygens (including phenoxy) is 1. The molecule has 0 saturated heterocycles. The van der Waals surface area contributed by atoms with Crippen molar-refractivity contribution in [1.29, 1.82) is 0 Å². The van der Waals surface area contributed by atoms with Crippen molar-refractivity contribution in [2.24, 2.45) is 5.73 Å². The van der Waals surface area contributed by atoms with Gasteiger partial charge in [0.1, 0.15) is 5.75 Å². The lowest BCUT2D eigenvalue weighted by molar-refractivity contribution is -0.119. The van der Waals surface area contributed by atoms with Crippen LogP contribution < -0.4 is 20.7 Å². The van der Waals surface area contributed by atoms with Crippen LogP contribution in [0, 0.1) is 0 Å². The van der Waals surface area contributed by atoms with Crippen molar-refractivity contribution in [2.45, 2.75) is 19.4 Å². The van der Waals surface area contributed by atoms with Gasteiger partial charge in [-0.1, -0.05) is 24.3 Å². The molecule has 1 atom stereocenters. The van der Waals surface area contributed by atoms with Crippen molar-refractivity contribution < 1.29 is 14.3 Å². The van der Waals surface area contributed by atoms with Crippen LogP contribution in [0.3, 0.4) is 0 Å². The lowest BCUT2D eigenvalue weighted by atomic mass is 10.1. The van der Waals surface area contributed by atoms with Gasteiger partial charge in [0.25, 0.3) is 11.8 Å². The number of hydrogen-bond acceptors (Lipinski definition) is 4. The van der Waals surface area contributed by atoms with Crippen LogP contribution in [0.25, 0.3) is 0 Å². The van der Waals surface area contributed by atoms with Crippen LogP contribution in [0.1, 0.15) is 22.8 Å². The quantitative estimate of drug-likeness (QED) is 0.794. The topological polar surface area (TPSA) is 84.7 Å². The summed E-state index contributed by atoms with van der Waals surface area (Å²) in [5.41, 5.74) is 8.15. The Morgan fingerprint density at radius 1 is 1.23 bits per heavy atom. The number of hydrogen-bond donors (Lipinski definition) is 2. The lowest BCUT2D eigenvalue weighted by Gasteiger charge is -2.27. The first-order valence-electron chi connectivity index (χ1n) is 8.68. The summed E-state index contributed by atoms with van der Waals surface area (Å²) in [6, 6.07) is 15.3. The Bertz CT molecular complexity index is 806. The molecule has 0 saturated carbocycles. The molecule has 136 valence electrons. The SMILES string of the molecule is CC(CNC(=O)c1cccc(OCC(N)=O)c1)N1CCc2ccccc21. The van der Waals surface area contributed by atoms with Crippen LogP contribution in [-0.2, 0) is 11.2 Å². The van der Waals surface area contributed by atoms with Crippen LogP contribution in [0.4, 0.5) is 5.69 Å². The van der Waals surface area contributed by atoms with E-state index in [4.69, 9.17) is 10.5 Å². The number of benzene rings is 2. The van der Waals surface area contributed by atoms with Gasteiger partial charge in [-0.3, -0.25) is 9.59 Å². The van der Waals surface area contributed by atoms with E-state index in [2.05, 4.69) is 35.3 Å². The molecule has 1 aliphatic rings. The molecule has 0 fully saturated rings. The second-order valence-electron chi connectivity index (χ2n) is 6.41. The number of rotatable bonds is 7. The summed E-state index contributed by atoms with van der Waals surface area (Å²) in [5, 5.41) is 2.97. The van der Waals surface area contributed by atoms with Crippen LogP contribution in [0.2, 0.25) is 0 Å². The van der Waals surface area contributed by atoms with Crippen LogP contribution in [-0.4, -0.2) is 37.6 Å². The van der Waals surface area contributed by atoms with Gasteiger partial charge >= 0.3 is 0 Å². The Morgan fingerprint density at radius 3 is 2.85 bits per heavy atom. The van der Waals surface area contributed by atoms with Crippen molar-refractivity contribution in [3.63, 3.8) is 0 Å². The number of nitrogens with one attached hydrogen (secondary N) is 1. The van der Waals surface area contributed by atoms with Crippen molar-refractivity contribution in [1.82, 2.24) is 5.32 Å². The van der Waals surface area contributed by atoms with E-state index in [9.17, 15) is 9.59 Å². The van der Waals surface area contributed by atoms with Crippen molar-refractivity contribution >= 4 is 17.5 Å². The minimum absolute atomic E-state index is 0.172. The third kappa shape index (κ3) is 4.14. The van der Waals surface area contributed by atoms with E-state index in [1.165, 1.54) is 11.3 Å². The standard InChI is InChI=1S/C20H23N3O3/c1-14(23-10-9-15-5-2-3-8-18(15)23)12-22-20(25)16-6-4-7-17(11-16)26-13-19(21)24/h2-8,11,14H,9-10,12-13H2,1H3,(H2,21,24)(H,22,25). The number of carbonyl (C=O) groups excluding carboxylic acids is 2. The summed E-state index contributed by atoms with van der Waals surface area (Å²) in [5.74, 6) is -0.286. The second-order valence-corrected chi connectivity index (χ2v) is 6.41. The van der Waals surface area contributed by atoms with Gasteiger partial charge in [-0.2, -0.15) is 0 Å². The van der Waals surface area contributed by atoms with E-state index in [-0.39, 0.29) is 18.6 Å². The smallest absolute Gasteiger partial charge is 0.255 e. The van der Waals surface area contributed by atoms with E-state index < -0.39 is 5.91 Å². The zero-order valence-corrected chi connectivity index (χ0v) is 14.8. The molecule has 0 aliphatic carbocycles. The fourth-order valence-electron chi connectivity index (χ4n) is 3.16. The van der Waals surface area contributed by atoms with Crippen molar-refractivity contribution in [2.75, 3.05) is 24.6 Å². The van der Waals surface area contributed by atoms with E-state index in [1.54, 1.807) is 24.3 Å². The number of anilines is 1. The fourth-order valence-corrected chi connectivity index (χ4v) is 3.16. The number of amides is 2. The monoisotopic (exact) mass is 353 g/mol. The van der Waals surface area contributed by atoms with Crippen molar-refractivity contribution in [3.05, 3.63) is 59.7 Å². The number of fused-ring (bicyclic) bond motifs is 1. The van der Waals surface area contributed by atoms with Crippen LogP contribution >= 0.6 is 0 Å². The summed E-state index contributed by atoms with van der Waals surface area (Å²) < 4.78 is 5.24. The minimum atomic E-state index is -0.556. The molecule has 1 aliphatic heterocycles. The fraction of sp³-hybridized carbons (Fsp3) is 0.300. The van der Waals surface area contributed by atoms with Gasteiger partial charge in [-0.25, -0.2) is 0 Å². The molecular formula is C20H23N3O3. The maximum atomic E-state index is 12.4. The molecule has 1 heterocycles. The van der Waals surface area contributed by atoms with Gasteiger partial charge in [-0.15, -0.1) is 0 Å². The Balaban J connectivity index is 1.57. The van der Waals surface area contributed by atoms with E-state index in [1.807, 2.05) is 6.07 Å². The number of nitrogens with two attached hydrogens (primary N) is 1. The first-order valence-corrected chi connectivity index (χ1v) is 8.68. The normalized spacial score (nSPS) is 13.8. The predicted octanol–water partition coefficient (Wildman–Crippen LogP) is 1.73. The molecule has 6 heteroatoms. The number of para-hydroxylation sites is 1. The molecule has 3 N–H and O–H groups in total. The predicted molar refractivity (Wildman–Crippen MR) is 100 cm³/mol. The molecule has 26 heavy (non-hydrogen) atoms. The first kappa shape index (κ1) is 17.8. The lowest BCUT2D eigenvalue weighted by Crippen LogP contribution is -2.41. The summed E-state index contributed by atoms with van der Waals surface area (Å²) in [4.78, 5) is 25.5. The summed E-state index contributed by atoms with van der Waals surface area (Å²) in [6.45, 7) is 3.40. The van der Waals surface area contributed by atoms with E-state index >= 15 is 0 Å². The first-order chi connectivity index (χ1) is 12.5. The molecule has 2 amide bonds. The minimum Gasteiger partial charge on any atom is -0.484 e. The summed E-state index contributed by atoms with van der Waals surface area (Å²) in [6.07, 6.45) is 1.04. The second kappa shape index (κ2) is 7.91. The van der Waals surface area contributed by atoms with Crippen LogP contribution in [0.5, 0.6) is 5.75 Å². The maximum Gasteiger partial charge on any atom is 0.255 e. The highest BCUT2D eigenvalue weighted by Crippen LogP contribution is 2.28. The Kier molecular flexibility index (Phi) is 5.41. The van der Waals surface area contributed by atoms with Gasteiger partial charge in [0, 0.05) is 30.4 Å². The average Bonchev–Trinajstić information content (AvgIpc) is 3.08. The third-order valence-corrected chi connectivity index (χ3v) is 4.49. The number of carbonyl (C=O) groups is 2. The molecule has 3 rings (SSSR count). The summed E-state index contributed by atoms with van der Waals surface area (Å²) >= 11 is 0. The zero-order valence-electron chi connectivity index (χ0n) is 14.8. The molecule has 0 radical (unpaired) electrons. The highest BCUT2D eigenvalue weighted by atomic mass is 16.5. The van der Waals surface area contributed by atoms with Gasteiger partial charge in [0.2, 0.25) is 0 Å². The highest BCUT2D eigenvalue weighted by molar-refractivity contribution is 5.94. The molecule has 2 aromatic rings. The third-order valence-electron chi connectivity index (χ3n) is 4.49. The molecular weight excluding hydrogens is 330 g/mol. The van der Waals surface area contributed by atoms with Gasteiger partial charge in [0.15, 0.2) is 6.61 Å². The Morgan fingerprint density at radius 2 is 2.04 bits per heavy atom. The summed E-state index contributed by atoms with van der Waals surface area (Å²) in [7, 11) is 0. The van der Waals surface area contributed by atoms with Crippen molar-refractivity contribution in [3.8, 4) is 5.75 Å². The van der Waals surface area contributed by atoms with Crippen LogP contribution in [0.15, 0.2) is 48.5 Å². The van der Waals surface area contributed by atoms with Gasteiger partial charge in [0.05, 0.1) is 0 Å². The maximum absolute atomic E-state index is 12.4. The molecule has 1 unspecified atom stereocenters. The van der Waals surface area contributed by atoms with E-state index in [0.717, 1.165) is 13.0 Å². The highest BCUT2D eigenvalue weighted by Gasteiger charge is 2.23. The van der Waals surface area contributed by atoms with Gasteiger partial charge in [-0.05, 0) is 43.2 Å². The largest absolute Gasteiger partial charge is 0.484 e. The van der Waals surface area contributed by atoms with E-state index in [0.29, 0.717) is 17.9 Å².